The summed E-state index contributed by atoms with van der Waals surface area (Å²) in [6.45, 7) is 21.4. The van der Waals surface area contributed by atoms with Crippen molar-refractivity contribution in [2.75, 3.05) is 6.61 Å². The molecule has 0 spiro atoms. The fourth-order valence-corrected chi connectivity index (χ4v) is 16.8. The first-order valence-corrected chi connectivity index (χ1v) is 21.0. The van der Waals surface area contributed by atoms with Crippen LogP contribution in [0.3, 0.4) is 0 Å². The zero-order valence-corrected chi connectivity index (χ0v) is 21.7. The summed E-state index contributed by atoms with van der Waals surface area (Å²) in [5.74, 6) is 0. The lowest BCUT2D eigenvalue weighted by Gasteiger charge is -2.42. The third kappa shape index (κ3) is 13.7. The molecule has 0 radical (unpaired) electrons. The molecule has 0 aromatic carbocycles. The summed E-state index contributed by atoms with van der Waals surface area (Å²) in [6, 6.07) is 0.662. The van der Waals surface area contributed by atoms with Crippen molar-refractivity contribution in [3.05, 3.63) is 0 Å². The van der Waals surface area contributed by atoms with E-state index in [4.69, 9.17) is 17.1 Å². The Balaban J connectivity index is 5.26. The van der Waals surface area contributed by atoms with Crippen LogP contribution in [0.4, 0.5) is 4.79 Å². The van der Waals surface area contributed by atoms with Crippen LogP contribution in [0.1, 0.15) is 13.3 Å². The highest BCUT2D eigenvalue weighted by atomic mass is 28.5. The highest BCUT2D eigenvalue weighted by Crippen LogP contribution is 2.29. The predicted octanol–water partition coefficient (Wildman–Crippen LogP) is 5.10. The van der Waals surface area contributed by atoms with Gasteiger partial charge < -0.3 is 17.1 Å². The average molecular weight is 424 g/mol. The lowest BCUT2D eigenvalue weighted by Crippen LogP contribution is -2.60. The number of aliphatic imine (C=N–C) groups is 1. The molecular formula is C15H37NO5Si4. The molecule has 6 nitrogen and oxygen atoms in total. The molecule has 0 aromatic rings. The molecule has 148 valence electrons. The molecule has 0 fully saturated rings. The number of amides is 1. The summed E-state index contributed by atoms with van der Waals surface area (Å²) < 4.78 is 24.8. The molecule has 1 amide bonds. The van der Waals surface area contributed by atoms with Crippen LogP contribution in [0.25, 0.3) is 0 Å². The van der Waals surface area contributed by atoms with Gasteiger partial charge in [-0.05, 0) is 72.3 Å². The van der Waals surface area contributed by atoms with Crippen LogP contribution in [0.5, 0.6) is 0 Å². The quantitative estimate of drug-likeness (QED) is 0.278. The van der Waals surface area contributed by atoms with E-state index in [9.17, 15) is 4.79 Å². The average Bonchev–Trinajstić information content (AvgIpc) is 2.28. The first-order chi connectivity index (χ1) is 11.1. The fourth-order valence-electron chi connectivity index (χ4n) is 2.21. The van der Waals surface area contributed by atoms with Crippen LogP contribution >= 0.6 is 0 Å². The van der Waals surface area contributed by atoms with Crippen LogP contribution < -0.4 is 0 Å². The van der Waals surface area contributed by atoms with E-state index in [-0.39, 0.29) is 0 Å². The van der Waals surface area contributed by atoms with E-state index in [2.05, 4.69) is 63.9 Å². The van der Waals surface area contributed by atoms with Gasteiger partial charge in [0.15, 0.2) is 25.0 Å². The maximum Gasteiger partial charge on any atom is 0.469 e. The predicted molar refractivity (Wildman–Crippen MR) is 114 cm³/mol. The van der Waals surface area contributed by atoms with Crippen LogP contribution in [0.2, 0.25) is 65.0 Å². The van der Waals surface area contributed by atoms with Gasteiger partial charge in [-0.25, -0.2) is 4.79 Å². The first-order valence-electron chi connectivity index (χ1n) is 8.83. The third-order valence-electron chi connectivity index (χ3n) is 2.47. The Hall–Kier alpha value is -0.112. The molecule has 0 heterocycles. The second kappa shape index (κ2) is 9.72. The van der Waals surface area contributed by atoms with Crippen LogP contribution in [0.15, 0.2) is 4.99 Å². The molecular weight excluding hydrogens is 387 g/mol. The standard InChI is InChI=1S/C15H37NO5Si4/c1-11-16-15(17)18-13-12-14-25(19-22(2,3)4,20-23(5,6)7)21-24(8,9)10/h11H,12-14H2,1-10H3. The van der Waals surface area contributed by atoms with E-state index in [1.54, 1.807) is 6.92 Å². The number of nitrogens with zero attached hydrogens (tertiary/aromatic N) is 1. The summed E-state index contributed by atoms with van der Waals surface area (Å²) in [4.78, 5) is 15.0. The van der Waals surface area contributed by atoms with Crippen molar-refractivity contribution in [3.8, 4) is 0 Å². The van der Waals surface area contributed by atoms with E-state index >= 15 is 0 Å². The van der Waals surface area contributed by atoms with Crippen LogP contribution in [0, 0.1) is 0 Å². The number of hydrogen-bond acceptors (Lipinski definition) is 5. The molecule has 0 aliphatic carbocycles. The first kappa shape index (κ1) is 24.9. The molecule has 10 heteroatoms. The van der Waals surface area contributed by atoms with Gasteiger partial charge >= 0.3 is 14.9 Å². The molecule has 0 aromatic heterocycles. The zero-order chi connectivity index (χ0) is 19.9. The Bertz CT molecular complexity index is 412. The monoisotopic (exact) mass is 423 g/mol. The topological polar surface area (TPSA) is 66.4 Å². The maximum absolute atomic E-state index is 11.4. The highest BCUT2D eigenvalue weighted by Gasteiger charge is 2.49. The Morgan fingerprint density at radius 3 is 1.56 bits per heavy atom. The summed E-state index contributed by atoms with van der Waals surface area (Å²) in [5, 5.41) is 0. The van der Waals surface area contributed by atoms with Crippen molar-refractivity contribution in [2.45, 2.75) is 78.3 Å². The summed E-state index contributed by atoms with van der Waals surface area (Å²) in [6.07, 6.45) is 1.52. The maximum atomic E-state index is 11.4. The molecule has 0 bridgehead atoms. The van der Waals surface area contributed by atoms with Crippen LogP contribution in [-0.2, 0) is 17.1 Å². The lowest BCUT2D eigenvalue weighted by molar-refractivity contribution is 0.154. The van der Waals surface area contributed by atoms with Gasteiger partial charge in [-0.2, -0.15) is 4.99 Å². The van der Waals surface area contributed by atoms with Gasteiger partial charge in [-0.15, -0.1) is 0 Å². The van der Waals surface area contributed by atoms with Crippen molar-refractivity contribution in [1.82, 2.24) is 0 Å². The molecule has 0 saturated heterocycles. The summed E-state index contributed by atoms with van der Waals surface area (Å²) in [7, 11) is -8.42. The van der Waals surface area contributed by atoms with E-state index in [0.29, 0.717) is 19.1 Å². The Morgan fingerprint density at radius 2 is 1.24 bits per heavy atom. The van der Waals surface area contributed by atoms with Gasteiger partial charge in [0.25, 0.3) is 0 Å². The SMILES string of the molecule is CC=NC(=O)OCCC[Si](O[Si](C)(C)C)(O[Si](C)(C)C)O[Si](C)(C)C. The minimum absolute atomic E-state index is 0.296. The number of ether oxygens (including phenoxy) is 1. The molecule has 0 N–H and O–H groups in total. The molecule has 0 saturated carbocycles. The van der Waals surface area contributed by atoms with Crippen molar-refractivity contribution in [3.63, 3.8) is 0 Å². The van der Waals surface area contributed by atoms with E-state index < -0.39 is 39.8 Å². The van der Waals surface area contributed by atoms with Gasteiger partial charge in [0, 0.05) is 12.3 Å². The highest BCUT2D eigenvalue weighted by molar-refractivity contribution is 6.90. The minimum Gasteiger partial charge on any atom is -0.448 e. The molecule has 0 unspecified atom stereocenters. The van der Waals surface area contributed by atoms with Crippen molar-refractivity contribution >= 4 is 46.1 Å². The van der Waals surface area contributed by atoms with Gasteiger partial charge in [-0.1, -0.05) is 0 Å². The largest absolute Gasteiger partial charge is 0.469 e. The number of carbonyl (C=O) groups excluding carboxylic acids is 1. The molecule has 0 aliphatic heterocycles. The number of carbonyl (C=O) groups is 1. The summed E-state index contributed by atoms with van der Waals surface area (Å²) in [5.41, 5.74) is 0. The normalized spacial score (nSPS) is 14.2. The Morgan fingerprint density at radius 1 is 0.840 bits per heavy atom. The second-order valence-corrected chi connectivity index (χ2v) is 25.9. The van der Waals surface area contributed by atoms with Crippen LogP contribution in [-0.4, -0.2) is 52.7 Å². The van der Waals surface area contributed by atoms with Crippen molar-refractivity contribution < 1.29 is 21.9 Å². The number of hydrogen-bond donors (Lipinski definition) is 0. The van der Waals surface area contributed by atoms with Crippen molar-refractivity contribution in [1.29, 1.82) is 0 Å². The minimum atomic E-state index is -2.84. The van der Waals surface area contributed by atoms with E-state index in [0.717, 1.165) is 0 Å². The lowest BCUT2D eigenvalue weighted by atomic mass is 10.5. The van der Waals surface area contributed by atoms with Gasteiger partial charge in [0.05, 0.1) is 6.61 Å². The molecule has 0 aliphatic rings. The Labute approximate surface area is 158 Å². The summed E-state index contributed by atoms with van der Waals surface area (Å²) >= 11 is 0. The smallest absolute Gasteiger partial charge is 0.448 e. The molecule has 25 heavy (non-hydrogen) atoms. The van der Waals surface area contributed by atoms with E-state index in [1.165, 1.54) is 6.21 Å². The number of rotatable bonds is 10. The van der Waals surface area contributed by atoms with Gasteiger partial charge in [0.1, 0.15) is 0 Å². The van der Waals surface area contributed by atoms with Gasteiger partial charge in [0.2, 0.25) is 0 Å². The zero-order valence-electron chi connectivity index (χ0n) is 17.7. The van der Waals surface area contributed by atoms with Crippen molar-refractivity contribution in [2.24, 2.45) is 4.99 Å². The third-order valence-corrected chi connectivity index (χ3v) is 14.5. The fraction of sp³-hybridized carbons (Fsp3) is 0.867. The van der Waals surface area contributed by atoms with E-state index in [1.807, 2.05) is 0 Å². The molecule has 0 atom stereocenters. The second-order valence-electron chi connectivity index (χ2n) is 8.93. The Kier molecular flexibility index (Phi) is 9.67. The van der Waals surface area contributed by atoms with Gasteiger partial charge in [-0.3, -0.25) is 0 Å². The molecule has 0 rings (SSSR count).